The van der Waals surface area contributed by atoms with Gasteiger partial charge in [0.2, 0.25) is 17.7 Å². The number of anilines is 1. The van der Waals surface area contributed by atoms with Crippen LogP contribution < -0.4 is 15.4 Å². The van der Waals surface area contributed by atoms with Crippen molar-refractivity contribution < 1.29 is 23.9 Å². The van der Waals surface area contributed by atoms with Gasteiger partial charge in [-0.05, 0) is 49.1 Å². The number of amides is 3. The van der Waals surface area contributed by atoms with Crippen molar-refractivity contribution in [1.29, 1.82) is 0 Å². The molecule has 2 bridgehead atoms. The highest BCUT2D eigenvalue weighted by atomic mass is 16.5. The van der Waals surface area contributed by atoms with Crippen LogP contribution in [0.1, 0.15) is 37.7 Å². The van der Waals surface area contributed by atoms with E-state index in [4.69, 9.17) is 9.47 Å². The Hall–Kier alpha value is -3.65. The van der Waals surface area contributed by atoms with Gasteiger partial charge in [-0.3, -0.25) is 14.4 Å². The van der Waals surface area contributed by atoms with E-state index < -0.39 is 29.6 Å². The number of benzene rings is 2. The van der Waals surface area contributed by atoms with Crippen LogP contribution in [0.25, 0.3) is 0 Å². The van der Waals surface area contributed by atoms with Gasteiger partial charge in [0.25, 0.3) is 0 Å². The zero-order valence-corrected chi connectivity index (χ0v) is 22.2. The molecule has 3 fully saturated rings. The van der Waals surface area contributed by atoms with E-state index in [2.05, 4.69) is 10.6 Å². The van der Waals surface area contributed by atoms with Gasteiger partial charge < -0.3 is 25.0 Å². The van der Waals surface area contributed by atoms with E-state index in [9.17, 15) is 14.4 Å². The van der Waals surface area contributed by atoms with Crippen molar-refractivity contribution >= 4 is 23.4 Å². The first-order valence-electron chi connectivity index (χ1n) is 14.0. The van der Waals surface area contributed by atoms with E-state index in [1.807, 2.05) is 42.5 Å². The Morgan fingerprint density at radius 2 is 1.77 bits per heavy atom. The number of ether oxygens (including phenoxy) is 2. The lowest BCUT2D eigenvalue weighted by Crippen LogP contribution is -2.56. The minimum absolute atomic E-state index is 0.101. The summed E-state index contributed by atoms with van der Waals surface area (Å²) in [6.07, 6.45) is 9.02. The standard InChI is InChI=1S/C31H35N3O5/c1-38-23-14-12-22(13-15-23)32-28(35)25-24-16-18-31(39-24)26(25)30(37)34(19-17-20-8-4-2-5-9-20)27(31)29(36)33-21-10-6-3-7-11-21/h2,4-5,8-9,12-16,18,21,24-27H,3,6-7,10-11,17,19H2,1H3,(H,32,35)(H,33,36)/t24-,25-,26-,27+,31-/m0/s1. The third-order valence-electron chi connectivity index (χ3n) is 8.72. The summed E-state index contributed by atoms with van der Waals surface area (Å²) in [6.45, 7) is 0.374. The molecule has 0 aromatic heterocycles. The molecule has 8 heteroatoms. The minimum Gasteiger partial charge on any atom is -0.497 e. The quantitative estimate of drug-likeness (QED) is 0.511. The Morgan fingerprint density at radius 3 is 2.49 bits per heavy atom. The van der Waals surface area contributed by atoms with E-state index in [1.54, 1.807) is 36.3 Å². The smallest absolute Gasteiger partial charge is 0.246 e. The Labute approximate surface area is 228 Å². The fourth-order valence-electron chi connectivity index (χ4n) is 6.83. The topological polar surface area (TPSA) is 97.0 Å². The molecule has 3 heterocycles. The van der Waals surface area contributed by atoms with Gasteiger partial charge in [0, 0.05) is 18.3 Å². The average Bonchev–Trinajstić information content (AvgIpc) is 3.60. The van der Waals surface area contributed by atoms with Crippen LogP contribution in [-0.4, -0.2) is 60.1 Å². The number of carbonyl (C=O) groups excluding carboxylic acids is 3. The van der Waals surface area contributed by atoms with E-state index in [1.165, 1.54) is 6.42 Å². The summed E-state index contributed by atoms with van der Waals surface area (Å²) in [6, 6.07) is 16.3. The first-order chi connectivity index (χ1) is 19.0. The Kier molecular flexibility index (Phi) is 6.89. The zero-order valence-electron chi connectivity index (χ0n) is 22.2. The van der Waals surface area contributed by atoms with Gasteiger partial charge in [-0.1, -0.05) is 61.7 Å². The van der Waals surface area contributed by atoms with Gasteiger partial charge in [0.05, 0.1) is 25.0 Å². The van der Waals surface area contributed by atoms with Crippen molar-refractivity contribution in [2.75, 3.05) is 19.0 Å². The van der Waals surface area contributed by atoms with Crippen LogP contribution >= 0.6 is 0 Å². The van der Waals surface area contributed by atoms with Crippen molar-refractivity contribution in [3.63, 3.8) is 0 Å². The third kappa shape index (κ3) is 4.61. The number of nitrogens with one attached hydrogen (secondary N) is 2. The number of nitrogens with zero attached hydrogens (tertiary/aromatic N) is 1. The van der Waals surface area contributed by atoms with Crippen LogP contribution in [0.3, 0.4) is 0 Å². The van der Waals surface area contributed by atoms with E-state index in [0.29, 0.717) is 24.4 Å². The summed E-state index contributed by atoms with van der Waals surface area (Å²) in [5.74, 6) is -1.47. The van der Waals surface area contributed by atoms with Crippen LogP contribution in [0.4, 0.5) is 5.69 Å². The molecule has 0 radical (unpaired) electrons. The molecule has 2 saturated heterocycles. The second-order valence-corrected chi connectivity index (χ2v) is 11.0. The van der Waals surface area contributed by atoms with Crippen LogP contribution in [0.2, 0.25) is 0 Å². The highest BCUT2D eigenvalue weighted by Gasteiger charge is 2.72. The monoisotopic (exact) mass is 529 g/mol. The normalized spacial score (nSPS) is 29.4. The lowest BCUT2D eigenvalue weighted by molar-refractivity contribution is -0.141. The summed E-state index contributed by atoms with van der Waals surface area (Å²) in [7, 11) is 1.59. The van der Waals surface area contributed by atoms with E-state index in [0.717, 1.165) is 31.2 Å². The van der Waals surface area contributed by atoms with Crippen LogP contribution in [0.5, 0.6) is 5.75 Å². The molecule has 1 spiro atoms. The number of hydrogen-bond donors (Lipinski definition) is 2. The average molecular weight is 530 g/mol. The number of fused-ring (bicyclic) bond motifs is 1. The molecule has 5 atom stereocenters. The molecule has 0 unspecified atom stereocenters. The lowest BCUT2D eigenvalue weighted by atomic mass is 9.74. The Bertz CT molecular complexity index is 1260. The predicted molar refractivity (Wildman–Crippen MR) is 146 cm³/mol. The molecule has 2 N–H and O–H groups in total. The minimum atomic E-state index is -1.15. The predicted octanol–water partition coefficient (Wildman–Crippen LogP) is 3.48. The van der Waals surface area contributed by atoms with Crippen molar-refractivity contribution in [2.24, 2.45) is 11.8 Å². The van der Waals surface area contributed by atoms with Crippen molar-refractivity contribution in [2.45, 2.75) is 62.3 Å². The largest absolute Gasteiger partial charge is 0.497 e. The Balaban J connectivity index is 1.28. The molecule has 1 saturated carbocycles. The van der Waals surface area contributed by atoms with Gasteiger partial charge in [0.1, 0.15) is 17.4 Å². The van der Waals surface area contributed by atoms with Gasteiger partial charge >= 0.3 is 0 Å². The fourth-order valence-corrected chi connectivity index (χ4v) is 6.83. The lowest BCUT2D eigenvalue weighted by Gasteiger charge is -2.34. The molecule has 4 aliphatic rings. The molecule has 39 heavy (non-hydrogen) atoms. The second kappa shape index (κ2) is 10.5. The van der Waals surface area contributed by atoms with Gasteiger partial charge in [0.15, 0.2) is 0 Å². The van der Waals surface area contributed by atoms with Crippen molar-refractivity contribution in [3.8, 4) is 5.75 Å². The molecule has 6 rings (SSSR count). The highest BCUT2D eigenvalue weighted by Crippen LogP contribution is 2.55. The molecule has 2 aromatic rings. The van der Waals surface area contributed by atoms with Gasteiger partial charge in [-0.15, -0.1) is 0 Å². The number of carbonyl (C=O) groups is 3. The fraction of sp³-hybridized carbons (Fsp3) is 0.452. The third-order valence-corrected chi connectivity index (χ3v) is 8.72. The van der Waals surface area contributed by atoms with Crippen LogP contribution in [0.15, 0.2) is 66.7 Å². The molecule has 1 aliphatic carbocycles. The first kappa shape index (κ1) is 25.6. The molecular weight excluding hydrogens is 494 g/mol. The van der Waals surface area contributed by atoms with Crippen LogP contribution in [0, 0.1) is 11.8 Å². The van der Waals surface area contributed by atoms with Crippen LogP contribution in [-0.2, 0) is 25.5 Å². The zero-order chi connectivity index (χ0) is 27.0. The summed E-state index contributed by atoms with van der Waals surface area (Å²) in [5, 5.41) is 6.19. The number of rotatable bonds is 8. The maximum atomic E-state index is 14.1. The molecule has 3 amide bonds. The summed E-state index contributed by atoms with van der Waals surface area (Å²) >= 11 is 0. The number of hydrogen-bond acceptors (Lipinski definition) is 5. The Morgan fingerprint density at radius 1 is 1.03 bits per heavy atom. The molecule has 204 valence electrons. The summed E-state index contributed by atoms with van der Waals surface area (Å²) < 4.78 is 11.7. The molecule has 3 aliphatic heterocycles. The van der Waals surface area contributed by atoms with E-state index in [-0.39, 0.29) is 23.8 Å². The molecule has 2 aromatic carbocycles. The maximum Gasteiger partial charge on any atom is 0.246 e. The molecular formula is C31H35N3O5. The highest BCUT2D eigenvalue weighted by molar-refractivity contribution is 6.02. The second-order valence-electron chi connectivity index (χ2n) is 11.0. The molecule has 8 nitrogen and oxygen atoms in total. The van der Waals surface area contributed by atoms with Crippen molar-refractivity contribution in [1.82, 2.24) is 10.2 Å². The van der Waals surface area contributed by atoms with E-state index >= 15 is 0 Å². The van der Waals surface area contributed by atoms with Gasteiger partial charge in [-0.25, -0.2) is 0 Å². The first-order valence-corrected chi connectivity index (χ1v) is 14.0. The number of likely N-dealkylation sites (tertiary alicyclic amines) is 1. The van der Waals surface area contributed by atoms with Gasteiger partial charge in [-0.2, -0.15) is 0 Å². The SMILES string of the molecule is COc1ccc(NC(=O)[C@H]2[C@@H]3C=C[C@]4(O3)[C@@H]2C(=O)N(CCc2ccccc2)[C@@H]4C(=O)NC2CCCCC2)cc1. The maximum absolute atomic E-state index is 14.1. The van der Waals surface area contributed by atoms with Crippen molar-refractivity contribution in [3.05, 3.63) is 72.3 Å². The number of methoxy groups -OCH3 is 1. The summed E-state index contributed by atoms with van der Waals surface area (Å²) in [5.41, 5.74) is 0.541. The summed E-state index contributed by atoms with van der Waals surface area (Å²) in [4.78, 5) is 43.2.